The zero-order valence-corrected chi connectivity index (χ0v) is 14.7. The van der Waals surface area contributed by atoms with Crippen LogP contribution >= 0.6 is 0 Å². The Balaban J connectivity index is 1.51. The van der Waals surface area contributed by atoms with Crippen molar-refractivity contribution >= 4 is 5.91 Å². The van der Waals surface area contributed by atoms with Crippen molar-refractivity contribution in [3.8, 4) is 22.8 Å². The number of amides is 1. The van der Waals surface area contributed by atoms with Crippen LogP contribution in [0.3, 0.4) is 0 Å². The molecule has 0 saturated heterocycles. The predicted octanol–water partition coefficient (Wildman–Crippen LogP) is 3.35. The molecule has 0 aliphatic carbocycles. The number of carbonyl (C=O) groups excluding carboxylic acids is 1. The van der Waals surface area contributed by atoms with Gasteiger partial charge in [-0.2, -0.15) is 0 Å². The molecule has 26 heavy (non-hydrogen) atoms. The molecule has 1 amide bonds. The molecule has 0 unspecified atom stereocenters. The Bertz CT molecular complexity index is 872. The molecule has 0 bridgehead atoms. The summed E-state index contributed by atoms with van der Waals surface area (Å²) in [6, 6.07) is 16.8. The summed E-state index contributed by atoms with van der Waals surface area (Å²) in [5, 5.41) is 6.74. The van der Waals surface area contributed by atoms with E-state index in [4.69, 9.17) is 14.0 Å². The smallest absolute Gasteiger partial charge is 0.258 e. The normalized spacial score (nSPS) is 10.4. The molecule has 6 nitrogen and oxygen atoms in total. The summed E-state index contributed by atoms with van der Waals surface area (Å²) in [5.41, 5.74) is 2.51. The van der Waals surface area contributed by atoms with Crippen LogP contribution in [0.1, 0.15) is 11.3 Å². The van der Waals surface area contributed by atoms with E-state index in [0.29, 0.717) is 17.2 Å². The van der Waals surface area contributed by atoms with Crippen LogP contribution < -0.4 is 14.8 Å². The number of nitrogens with one attached hydrogen (secondary N) is 1. The van der Waals surface area contributed by atoms with Crippen LogP contribution in [0.4, 0.5) is 0 Å². The van der Waals surface area contributed by atoms with E-state index in [1.807, 2.05) is 55.5 Å². The van der Waals surface area contributed by atoms with Gasteiger partial charge in [-0.3, -0.25) is 4.79 Å². The Morgan fingerprint density at radius 1 is 1.15 bits per heavy atom. The summed E-state index contributed by atoms with van der Waals surface area (Å²) >= 11 is 0. The maximum Gasteiger partial charge on any atom is 0.258 e. The Labute approximate surface area is 151 Å². The van der Waals surface area contributed by atoms with Crippen molar-refractivity contribution in [2.24, 2.45) is 0 Å². The second kappa shape index (κ2) is 8.20. The van der Waals surface area contributed by atoms with E-state index in [1.165, 1.54) is 0 Å². The van der Waals surface area contributed by atoms with Gasteiger partial charge in [-0.15, -0.1) is 0 Å². The van der Waals surface area contributed by atoms with Crippen LogP contribution in [0.25, 0.3) is 11.3 Å². The summed E-state index contributed by atoms with van der Waals surface area (Å²) < 4.78 is 16.0. The fourth-order valence-electron chi connectivity index (χ4n) is 2.39. The van der Waals surface area contributed by atoms with E-state index in [1.54, 1.807) is 13.2 Å². The first-order valence-electron chi connectivity index (χ1n) is 8.21. The quantitative estimate of drug-likeness (QED) is 0.706. The number of nitrogens with zero attached hydrogens (tertiary/aromatic N) is 1. The molecule has 0 atom stereocenters. The van der Waals surface area contributed by atoms with Crippen molar-refractivity contribution in [1.29, 1.82) is 0 Å². The number of carbonyl (C=O) groups is 1. The lowest BCUT2D eigenvalue weighted by Crippen LogP contribution is -2.28. The number of benzene rings is 2. The van der Waals surface area contributed by atoms with Crippen molar-refractivity contribution in [2.75, 3.05) is 13.7 Å². The third kappa shape index (κ3) is 4.42. The number of ether oxygens (including phenoxy) is 2. The average molecular weight is 352 g/mol. The molecule has 6 heteroatoms. The number of aryl methyl sites for hydroxylation is 1. The lowest BCUT2D eigenvalue weighted by atomic mass is 10.1. The SMILES string of the molecule is COc1ccc(-c2cc(CNC(=O)COc3ccccc3C)no2)cc1. The zero-order valence-electron chi connectivity index (χ0n) is 14.7. The first kappa shape index (κ1) is 17.5. The number of methoxy groups -OCH3 is 1. The molecule has 3 aromatic rings. The van der Waals surface area contributed by atoms with Crippen LogP contribution in [-0.4, -0.2) is 24.8 Å². The first-order valence-corrected chi connectivity index (χ1v) is 8.21. The van der Waals surface area contributed by atoms with Gasteiger partial charge in [0, 0.05) is 11.6 Å². The molecule has 0 fully saturated rings. The highest BCUT2D eigenvalue weighted by molar-refractivity contribution is 5.77. The summed E-state index contributed by atoms with van der Waals surface area (Å²) in [5.74, 6) is 1.88. The van der Waals surface area contributed by atoms with Gasteiger partial charge in [-0.05, 0) is 42.8 Å². The molecule has 1 N–H and O–H groups in total. The molecule has 3 rings (SSSR count). The van der Waals surface area contributed by atoms with Crippen molar-refractivity contribution in [1.82, 2.24) is 10.5 Å². The molecule has 0 radical (unpaired) electrons. The van der Waals surface area contributed by atoms with E-state index < -0.39 is 0 Å². The van der Waals surface area contributed by atoms with Gasteiger partial charge in [-0.1, -0.05) is 23.4 Å². The number of rotatable bonds is 7. The van der Waals surface area contributed by atoms with E-state index in [0.717, 1.165) is 16.9 Å². The summed E-state index contributed by atoms with van der Waals surface area (Å²) in [6.45, 7) is 2.16. The van der Waals surface area contributed by atoms with Crippen LogP contribution in [0.5, 0.6) is 11.5 Å². The topological polar surface area (TPSA) is 73.6 Å². The highest BCUT2D eigenvalue weighted by atomic mass is 16.5. The molecule has 0 saturated carbocycles. The average Bonchev–Trinajstić information content (AvgIpc) is 3.15. The second-order valence-electron chi connectivity index (χ2n) is 5.74. The monoisotopic (exact) mass is 352 g/mol. The lowest BCUT2D eigenvalue weighted by Gasteiger charge is -2.08. The zero-order chi connectivity index (χ0) is 18.4. The first-order chi connectivity index (χ1) is 12.7. The highest BCUT2D eigenvalue weighted by Crippen LogP contribution is 2.23. The number of hydrogen-bond donors (Lipinski definition) is 1. The van der Waals surface area contributed by atoms with Gasteiger partial charge in [0.2, 0.25) is 0 Å². The predicted molar refractivity (Wildman–Crippen MR) is 97.0 cm³/mol. The van der Waals surface area contributed by atoms with Gasteiger partial charge in [0.15, 0.2) is 12.4 Å². The van der Waals surface area contributed by atoms with Crippen molar-refractivity contribution in [2.45, 2.75) is 13.5 Å². The minimum absolute atomic E-state index is 0.0476. The molecule has 0 aliphatic rings. The number of aromatic nitrogens is 1. The van der Waals surface area contributed by atoms with Gasteiger partial charge < -0.3 is 19.3 Å². The van der Waals surface area contributed by atoms with Crippen molar-refractivity contribution in [3.05, 3.63) is 65.9 Å². The fourth-order valence-corrected chi connectivity index (χ4v) is 2.39. The van der Waals surface area contributed by atoms with Gasteiger partial charge >= 0.3 is 0 Å². The largest absolute Gasteiger partial charge is 0.497 e. The van der Waals surface area contributed by atoms with Crippen LogP contribution in [0, 0.1) is 6.92 Å². The maximum absolute atomic E-state index is 11.9. The summed E-state index contributed by atoms with van der Waals surface area (Å²) in [6.07, 6.45) is 0. The maximum atomic E-state index is 11.9. The summed E-state index contributed by atoms with van der Waals surface area (Å²) in [4.78, 5) is 11.9. The van der Waals surface area contributed by atoms with E-state index in [2.05, 4.69) is 10.5 Å². The number of hydrogen-bond acceptors (Lipinski definition) is 5. The summed E-state index contributed by atoms with van der Waals surface area (Å²) in [7, 11) is 1.62. The Morgan fingerprint density at radius 3 is 2.65 bits per heavy atom. The molecule has 1 heterocycles. The van der Waals surface area contributed by atoms with E-state index in [-0.39, 0.29) is 19.1 Å². The Kier molecular flexibility index (Phi) is 5.53. The minimum Gasteiger partial charge on any atom is -0.497 e. The standard InChI is InChI=1S/C20H20N2O4/c1-14-5-3-4-6-18(14)25-13-20(23)21-12-16-11-19(26-22-16)15-7-9-17(24-2)10-8-15/h3-11H,12-13H2,1-2H3,(H,21,23). The van der Waals surface area contributed by atoms with Crippen LogP contribution in [0.15, 0.2) is 59.1 Å². The molecule has 1 aromatic heterocycles. The fraction of sp³-hybridized carbons (Fsp3) is 0.200. The molecule has 0 aliphatic heterocycles. The van der Waals surface area contributed by atoms with E-state index >= 15 is 0 Å². The third-order valence-electron chi connectivity index (χ3n) is 3.85. The van der Waals surface area contributed by atoms with Gasteiger partial charge in [0.25, 0.3) is 5.91 Å². The second-order valence-corrected chi connectivity index (χ2v) is 5.74. The molecule has 2 aromatic carbocycles. The van der Waals surface area contributed by atoms with Crippen molar-refractivity contribution < 1.29 is 18.8 Å². The van der Waals surface area contributed by atoms with Crippen molar-refractivity contribution in [3.63, 3.8) is 0 Å². The Hall–Kier alpha value is -3.28. The van der Waals surface area contributed by atoms with Crippen LogP contribution in [-0.2, 0) is 11.3 Å². The lowest BCUT2D eigenvalue weighted by molar-refractivity contribution is -0.123. The molecular formula is C20H20N2O4. The third-order valence-corrected chi connectivity index (χ3v) is 3.85. The molecular weight excluding hydrogens is 332 g/mol. The molecule has 134 valence electrons. The number of para-hydroxylation sites is 1. The van der Waals surface area contributed by atoms with Gasteiger partial charge in [0.05, 0.1) is 13.7 Å². The Morgan fingerprint density at radius 2 is 1.92 bits per heavy atom. The van der Waals surface area contributed by atoms with E-state index in [9.17, 15) is 4.79 Å². The molecule has 0 spiro atoms. The minimum atomic E-state index is -0.220. The van der Waals surface area contributed by atoms with Gasteiger partial charge in [0.1, 0.15) is 17.2 Å². The highest BCUT2D eigenvalue weighted by Gasteiger charge is 2.09. The van der Waals surface area contributed by atoms with Crippen LogP contribution in [0.2, 0.25) is 0 Å². The van der Waals surface area contributed by atoms with Gasteiger partial charge in [-0.25, -0.2) is 0 Å².